The number of hydrogen-bond acceptors (Lipinski definition) is 6. The predicted molar refractivity (Wildman–Crippen MR) is 112 cm³/mol. The topological polar surface area (TPSA) is 76.4 Å². The van der Waals surface area contributed by atoms with Gasteiger partial charge in [0.15, 0.2) is 10.9 Å². The number of hydrogen-bond donors (Lipinski definition) is 2. The Morgan fingerprint density at radius 2 is 2.15 bits per heavy atom. The van der Waals surface area contributed by atoms with Crippen LogP contribution >= 0.6 is 23.6 Å². The molecule has 0 aromatic carbocycles. The molecule has 27 heavy (non-hydrogen) atoms. The van der Waals surface area contributed by atoms with Crippen LogP contribution in [0.5, 0.6) is 0 Å². The highest BCUT2D eigenvalue weighted by Crippen LogP contribution is 2.40. The summed E-state index contributed by atoms with van der Waals surface area (Å²) in [6.07, 6.45) is 2.94. The zero-order chi connectivity index (χ0) is 19.8. The van der Waals surface area contributed by atoms with Gasteiger partial charge in [0, 0.05) is 16.4 Å². The Kier molecular flexibility index (Phi) is 5.58. The maximum Gasteiger partial charge on any atom is 0.341 e. The smallest absolute Gasteiger partial charge is 0.341 e. The summed E-state index contributed by atoms with van der Waals surface area (Å²) < 4.78 is 10.4. The molecule has 3 rings (SSSR count). The Morgan fingerprint density at radius 1 is 1.41 bits per heavy atom. The quantitative estimate of drug-likeness (QED) is 0.561. The molecule has 1 aliphatic carbocycles. The molecule has 6 nitrogen and oxygen atoms in total. The Hall–Kier alpha value is -1.93. The molecule has 2 aromatic heterocycles. The Labute approximate surface area is 168 Å². The van der Waals surface area contributed by atoms with Crippen LogP contribution in [0.1, 0.15) is 60.7 Å². The van der Waals surface area contributed by atoms with Crippen LogP contribution in [0.15, 0.2) is 10.6 Å². The third-order valence-electron chi connectivity index (χ3n) is 4.62. The van der Waals surface area contributed by atoms with E-state index in [0.29, 0.717) is 22.4 Å². The SMILES string of the molecule is COC(=O)c1c(NC(=S)Nc2cc(C(C)(C)C)on2)sc2c1CCC(C)C2. The molecule has 2 heterocycles. The van der Waals surface area contributed by atoms with Gasteiger partial charge in [-0.25, -0.2) is 4.79 Å². The summed E-state index contributed by atoms with van der Waals surface area (Å²) in [5.41, 5.74) is 1.56. The van der Waals surface area contributed by atoms with Crippen molar-refractivity contribution in [3.63, 3.8) is 0 Å². The third kappa shape index (κ3) is 4.32. The summed E-state index contributed by atoms with van der Waals surface area (Å²) >= 11 is 6.99. The van der Waals surface area contributed by atoms with E-state index in [1.807, 2.05) is 26.8 Å². The molecule has 0 bridgehead atoms. The molecular formula is C19H25N3O3S2. The zero-order valence-electron chi connectivity index (χ0n) is 16.3. The summed E-state index contributed by atoms with van der Waals surface area (Å²) in [4.78, 5) is 13.6. The van der Waals surface area contributed by atoms with E-state index in [1.165, 1.54) is 12.0 Å². The number of fused-ring (bicyclic) bond motifs is 1. The van der Waals surface area contributed by atoms with E-state index in [1.54, 1.807) is 11.3 Å². The molecule has 0 fully saturated rings. The van der Waals surface area contributed by atoms with E-state index in [9.17, 15) is 4.79 Å². The lowest BCUT2D eigenvalue weighted by Crippen LogP contribution is -2.20. The Morgan fingerprint density at radius 3 is 2.78 bits per heavy atom. The Balaban J connectivity index is 1.79. The van der Waals surface area contributed by atoms with Crippen molar-refractivity contribution < 1.29 is 14.1 Å². The number of thiocarbonyl (C=S) groups is 1. The van der Waals surface area contributed by atoms with E-state index >= 15 is 0 Å². The lowest BCUT2D eigenvalue weighted by molar-refractivity contribution is 0.0601. The minimum absolute atomic E-state index is 0.135. The van der Waals surface area contributed by atoms with Gasteiger partial charge in [-0.2, -0.15) is 0 Å². The fourth-order valence-electron chi connectivity index (χ4n) is 3.10. The monoisotopic (exact) mass is 407 g/mol. The molecule has 1 aliphatic rings. The predicted octanol–water partition coefficient (Wildman–Crippen LogP) is 4.75. The summed E-state index contributed by atoms with van der Waals surface area (Å²) in [7, 11) is 1.40. The lowest BCUT2D eigenvalue weighted by Gasteiger charge is -2.18. The fourth-order valence-corrected chi connectivity index (χ4v) is 4.77. The molecular weight excluding hydrogens is 382 g/mol. The minimum atomic E-state index is -0.330. The molecule has 0 aliphatic heterocycles. The van der Waals surface area contributed by atoms with Crippen LogP contribution in [-0.2, 0) is 23.0 Å². The van der Waals surface area contributed by atoms with Crippen LogP contribution in [0.25, 0.3) is 0 Å². The van der Waals surface area contributed by atoms with Gasteiger partial charge in [-0.1, -0.05) is 32.9 Å². The number of thiophene rings is 1. The van der Waals surface area contributed by atoms with Crippen molar-refractivity contribution >= 4 is 45.5 Å². The normalized spacial score (nSPS) is 16.6. The number of ether oxygens (including phenoxy) is 1. The highest BCUT2D eigenvalue weighted by Gasteiger charge is 2.28. The first kappa shape index (κ1) is 19.8. The van der Waals surface area contributed by atoms with Crippen molar-refractivity contribution in [3.8, 4) is 0 Å². The van der Waals surface area contributed by atoms with Crippen molar-refractivity contribution in [1.82, 2.24) is 5.16 Å². The van der Waals surface area contributed by atoms with Gasteiger partial charge in [-0.3, -0.25) is 0 Å². The van der Waals surface area contributed by atoms with Crippen LogP contribution in [0.2, 0.25) is 0 Å². The number of nitrogens with zero attached hydrogens (tertiary/aromatic N) is 1. The zero-order valence-corrected chi connectivity index (χ0v) is 17.9. The van der Waals surface area contributed by atoms with Gasteiger partial charge in [0.05, 0.1) is 12.7 Å². The second kappa shape index (κ2) is 7.59. The molecule has 0 radical (unpaired) electrons. The largest absolute Gasteiger partial charge is 0.465 e. The molecule has 0 saturated heterocycles. The first-order chi connectivity index (χ1) is 12.7. The van der Waals surface area contributed by atoms with Crippen molar-refractivity contribution in [2.75, 3.05) is 17.7 Å². The van der Waals surface area contributed by atoms with Crippen molar-refractivity contribution in [2.24, 2.45) is 5.92 Å². The van der Waals surface area contributed by atoms with Gasteiger partial charge in [0.1, 0.15) is 10.8 Å². The standard InChI is InChI=1S/C19H25N3O3S2/c1-10-6-7-11-12(8-10)27-16(15(11)17(23)24-5)21-18(26)20-14-9-13(25-22-14)19(2,3)4/h9-10H,6-8H2,1-5H3,(H2,20,21,22,26). The summed E-state index contributed by atoms with van der Waals surface area (Å²) in [6, 6.07) is 1.83. The van der Waals surface area contributed by atoms with E-state index < -0.39 is 0 Å². The van der Waals surface area contributed by atoms with E-state index in [0.717, 1.165) is 35.6 Å². The van der Waals surface area contributed by atoms with Gasteiger partial charge < -0.3 is 19.9 Å². The van der Waals surface area contributed by atoms with Gasteiger partial charge >= 0.3 is 5.97 Å². The van der Waals surface area contributed by atoms with E-state index in [-0.39, 0.29) is 11.4 Å². The molecule has 146 valence electrons. The van der Waals surface area contributed by atoms with E-state index in [4.69, 9.17) is 21.5 Å². The molecule has 1 atom stereocenters. The minimum Gasteiger partial charge on any atom is -0.465 e. The lowest BCUT2D eigenvalue weighted by atomic mass is 9.88. The van der Waals surface area contributed by atoms with Crippen molar-refractivity contribution in [3.05, 3.63) is 27.8 Å². The van der Waals surface area contributed by atoms with Crippen LogP contribution in [0, 0.1) is 5.92 Å². The molecule has 0 spiro atoms. The van der Waals surface area contributed by atoms with Crippen LogP contribution in [0.4, 0.5) is 10.8 Å². The number of methoxy groups -OCH3 is 1. The van der Waals surface area contributed by atoms with E-state index in [2.05, 4.69) is 22.7 Å². The summed E-state index contributed by atoms with van der Waals surface area (Å²) in [5, 5.41) is 11.3. The number of esters is 1. The maximum atomic E-state index is 12.4. The molecule has 1 unspecified atom stereocenters. The molecule has 2 N–H and O–H groups in total. The highest BCUT2D eigenvalue weighted by molar-refractivity contribution is 7.80. The third-order valence-corrected chi connectivity index (χ3v) is 5.99. The van der Waals surface area contributed by atoms with Gasteiger partial charge in [0.2, 0.25) is 0 Å². The van der Waals surface area contributed by atoms with Crippen molar-refractivity contribution in [2.45, 2.75) is 52.4 Å². The second-order valence-corrected chi connectivity index (χ2v) is 9.47. The fraction of sp³-hybridized carbons (Fsp3) is 0.526. The number of rotatable bonds is 3. The maximum absolute atomic E-state index is 12.4. The summed E-state index contributed by atoms with van der Waals surface area (Å²) in [6.45, 7) is 8.38. The van der Waals surface area contributed by atoms with Crippen LogP contribution in [0.3, 0.4) is 0 Å². The second-order valence-electron chi connectivity index (χ2n) is 7.95. The number of anilines is 2. The van der Waals surface area contributed by atoms with Gasteiger partial charge in [-0.15, -0.1) is 11.3 Å². The first-order valence-electron chi connectivity index (χ1n) is 8.97. The summed E-state index contributed by atoms with van der Waals surface area (Å²) in [5.74, 6) is 1.59. The molecule has 0 amide bonds. The number of carbonyl (C=O) groups excluding carboxylic acids is 1. The molecule has 2 aromatic rings. The van der Waals surface area contributed by atoms with Gasteiger partial charge in [-0.05, 0) is 43.0 Å². The Bertz CT molecular complexity index is 864. The van der Waals surface area contributed by atoms with Gasteiger partial charge in [0.25, 0.3) is 0 Å². The average Bonchev–Trinajstić information content (AvgIpc) is 3.17. The number of carbonyl (C=O) groups is 1. The molecule has 0 saturated carbocycles. The first-order valence-corrected chi connectivity index (χ1v) is 10.2. The molecule has 8 heteroatoms. The van der Waals surface area contributed by atoms with Crippen LogP contribution < -0.4 is 10.6 Å². The average molecular weight is 408 g/mol. The van der Waals surface area contributed by atoms with Crippen LogP contribution in [-0.4, -0.2) is 23.3 Å². The number of aromatic nitrogens is 1. The van der Waals surface area contributed by atoms with Crippen molar-refractivity contribution in [1.29, 1.82) is 0 Å². The highest BCUT2D eigenvalue weighted by atomic mass is 32.1. The number of nitrogens with one attached hydrogen (secondary N) is 2.